The van der Waals surface area contributed by atoms with Gasteiger partial charge in [0.2, 0.25) is 0 Å². The molecule has 4 saturated carbocycles. The highest BCUT2D eigenvalue weighted by molar-refractivity contribution is 6.74. The van der Waals surface area contributed by atoms with Gasteiger partial charge in [-0.2, -0.15) is 0 Å². The summed E-state index contributed by atoms with van der Waals surface area (Å²) >= 11 is 0. The minimum absolute atomic E-state index is 0.176. The maximum Gasteiger partial charge on any atom is 0.192 e. The minimum Gasteiger partial charge on any atom is -0.414 e. The summed E-state index contributed by atoms with van der Waals surface area (Å²) in [6.45, 7) is 31.7. The summed E-state index contributed by atoms with van der Waals surface area (Å²) in [6.07, 6.45) is 27.1. The smallest absolute Gasteiger partial charge is 0.192 e. The zero-order chi connectivity index (χ0) is 40.5. The van der Waals surface area contributed by atoms with E-state index in [1.54, 1.807) is 5.57 Å². The van der Waals surface area contributed by atoms with Gasteiger partial charge in [0.1, 0.15) is 5.78 Å². The van der Waals surface area contributed by atoms with Crippen molar-refractivity contribution in [2.75, 3.05) is 6.61 Å². The second kappa shape index (κ2) is 17.8. The van der Waals surface area contributed by atoms with Gasteiger partial charge in [-0.3, -0.25) is 4.79 Å². The van der Waals surface area contributed by atoms with Crippen LogP contribution in [-0.4, -0.2) is 53.6 Å². The van der Waals surface area contributed by atoms with E-state index in [0.29, 0.717) is 30.0 Å². The molecule has 2 unspecified atom stereocenters. The molecule has 1 heterocycles. The zero-order valence-corrected chi connectivity index (χ0v) is 39.9. The van der Waals surface area contributed by atoms with Crippen LogP contribution < -0.4 is 0 Å². The van der Waals surface area contributed by atoms with Crippen LogP contribution in [-0.2, 0) is 23.1 Å². The summed E-state index contributed by atoms with van der Waals surface area (Å²) in [4.78, 5) is 13.6. The number of Topliss-reactive ketones (excluding diaryl/α,β-unsaturated/α-hetero) is 1. The van der Waals surface area contributed by atoms with E-state index >= 15 is 0 Å². The van der Waals surface area contributed by atoms with Crippen molar-refractivity contribution in [3.05, 3.63) is 35.5 Å². The van der Waals surface area contributed by atoms with Crippen molar-refractivity contribution in [2.24, 2.45) is 28.6 Å². The Morgan fingerprint density at radius 1 is 0.873 bits per heavy atom. The number of ketones is 1. The molecule has 0 bridgehead atoms. The van der Waals surface area contributed by atoms with Crippen LogP contribution in [0, 0.1) is 28.6 Å². The molecule has 0 N–H and O–H groups in total. The number of ether oxygens (including phenoxy) is 2. The van der Waals surface area contributed by atoms with E-state index in [9.17, 15) is 4.79 Å². The third-order valence-electron chi connectivity index (χ3n) is 15.9. The van der Waals surface area contributed by atoms with Crippen molar-refractivity contribution in [3.63, 3.8) is 0 Å². The number of carbonyl (C=O) groups excluding carboxylic acids is 1. The molecule has 5 rings (SSSR count). The lowest BCUT2D eigenvalue weighted by Gasteiger charge is -2.45. The van der Waals surface area contributed by atoms with Crippen LogP contribution >= 0.6 is 0 Å². The largest absolute Gasteiger partial charge is 0.414 e. The van der Waals surface area contributed by atoms with Crippen LogP contribution in [0.1, 0.15) is 165 Å². The molecule has 5 aliphatic rings. The lowest BCUT2D eigenvalue weighted by atomic mass is 9.61. The Labute approximate surface area is 340 Å². The number of unbranched alkanes of at least 4 members (excludes halogenated alkanes) is 1. The first-order valence-electron chi connectivity index (χ1n) is 22.8. The molecule has 55 heavy (non-hydrogen) atoms. The van der Waals surface area contributed by atoms with Gasteiger partial charge in [-0.05, 0) is 149 Å². The number of rotatable bonds is 15. The quantitative estimate of drug-likeness (QED) is 0.122. The first-order chi connectivity index (χ1) is 25.6. The number of hydrogen-bond donors (Lipinski definition) is 0. The predicted octanol–water partition coefficient (Wildman–Crippen LogP) is 13.7. The van der Waals surface area contributed by atoms with Crippen molar-refractivity contribution >= 4 is 22.4 Å². The first kappa shape index (κ1) is 45.3. The Bertz CT molecular complexity index is 1350. The van der Waals surface area contributed by atoms with Crippen LogP contribution in [0.2, 0.25) is 36.3 Å². The van der Waals surface area contributed by atoms with Crippen molar-refractivity contribution in [1.29, 1.82) is 0 Å². The lowest BCUT2D eigenvalue weighted by molar-refractivity contribution is -0.191. The van der Waals surface area contributed by atoms with Crippen LogP contribution in [0.3, 0.4) is 0 Å². The molecule has 5 nitrogen and oxygen atoms in total. The fourth-order valence-corrected chi connectivity index (χ4v) is 12.9. The monoisotopic (exact) mass is 797 g/mol. The molecule has 1 aliphatic heterocycles. The highest BCUT2D eigenvalue weighted by Gasteiger charge is 2.56. The second-order valence-corrected chi connectivity index (χ2v) is 31.6. The fourth-order valence-electron chi connectivity index (χ4n) is 10.2. The average molecular weight is 797 g/mol. The van der Waals surface area contributed by atoms with Crippen molar-refractivity contribution in [3.8, 4) is 0 Å². The van der Waals surface area contributed by atoms with Gasteiger partial charge in [0.05, 0.1) is 23.7 Å². The van der Waals surface area contributed by atoms with Gasteiger partial charge in [-0.15, -0.1) is 0 Å². The zero-order valence-electron chi connectivity index (χ0n) is 37.9. The van der Waals surface area contributed by atoms with Crippen LogP contribution in [0.15, 0.2) is 35.5 Å². The Balaban J connectivity index is 1.33. The maximum atomic E-state index is 13.6. The molecule has 0 amide bonds. The standard InChI is InChI=1S/C48H84O5Si2/c1-14-15-20-42(49)48(29-30-48)43(51-44-21-16-17-31-50-44)27-22-35(2)40-25-26-41-37(19-18-28-47(40,41)9)24-23-36-32-38(52-54(10,11)45(3,4)5)34-39(33-36)53-55(12,13)46(6,7)8/h22-24,27,35,38-41,43-44H,14-21,25-26,28-34H2,1-13H3/b27-22+,37-24+/t35-,38-,39-,40-,41+,43?,44?,47-/m1/s1. The fraction of sp³-hybridized carbons (Fsp3) is 0.854. The molecule has 5 fully saturated rings. The van der Waals surface area contributed by atoms with E-state index < -0.39 is 16.6 Å². The minimum atomic E-state index is -1.92. The summed E-state index contributed by atoms with van der Waals surface area (Å²) in [5.74, 6) is 2.11. The van der Waals surface area contributed by atoms with Gasteiger partial charge >= 0.3 is 0 Å². The molecular weight excluding hydrogens is 713 g/mol. The van der Waals surface area contributed by atoms with Crippen molar-refractivity contribution in [2.45, 2.75) is 226 Å². The lowest BCUT2D eigenvalue weighted by Crippen LogP contribution is -2.48. The number of fused-ring (bicyclic) bond motifs is 1. The molecule has 8 atom stereocenters. The number of hydrogen-bond acceptors (Lipinski definition) is 5. The molecule has 314 valence electrons. The number of allylic oxidation sites excluding steroid dienone is 4. The van der Waals surface area contributed by atoms with E-state index in [0.717, 1.165) is 70.8 Å². The average Bonchev–Trinajstić information content (AvgIpc) is 3.82. The summed E-state index contributed by atoms with van der Waals surface area (Å²) in [6, 6.07) is 0. The normalized spacial score (nSPS) is 32.4. The van der Waals surface area contributed by atoms with Crippen molar-refractivity contribution < 1.29 is 23.1 Å². The van der Waals surface area contributed by atoms with Gasteiger partial charge in [-0.1, -0.05) is 104 Å². The third-order valence-corrected chi connectivity index (χ3v) is 25.0. The SMILES string of the molecule is CCCCC(=O)C1(C(/C=C/[C@@H](C)[C@H]2CC[C@H]3/C(=C/C=C4C[C@@H](O[Si](C)(C)C(C)(C)C)C[C@H](O[Si](C)(C)C(C)(C)C)C4)CCC[C@]23C)OC2CCCCO2)CC1. The summed E-state index contributed by atoms with van der Waals surface area (Å²) in [5.41, 5.74) is 3.13. The van der Waals surface area contributed by atoms with E-state index in [-0.39, 0.29) is 45.5 Å². The molecular formula is C48H84O5Si2. The van der Waals surface area contributed by atoms with E-state index in [1.807, 2.05) is 0 Å². The molecule has 7 heteroatoms. The summed E-state index contributed by atoms with van der Waals surface area (Å²) in [7, 11) is -3.83. The summed E-state index contributed by atoms with van der Waals surface area (Å²) < 4.78 is 27.0. The molecule has 0 spiro atoms. The predicted molar refractivity (Wildman–Crippen MR) is 235 cm³/mol. The Kier molecular flexibility index (Phi) is 14.6. The van der Waals surface area contributed by atoms with E-state index in [4.69, 9.17) is 18.3 Å². The highest BCUT2D eigenvalue weighted by atomic mass is 28.4. The third kappa shape index (κ3) is 10.7. The van der Waals surface area contributed by atoms with E-state index in [2.05, 4.69) is 113 Å². The second-order valence-electron chi connectivity index (χ2n) is 22.1. The van der Waals surface area contributed by atoms with Gasteiger partial charge in [0.15, 0.2) is 22.9 Å². The maximum absolute atomic E-state index is 13.6. The number of carbonyl (C=O) groups is 1. The molecule has 0 aromatic carbocycles. The molecule has 0 aromatic heterocycles. The van der Waals surface area contributed by atoms with Gasteiger partial charge in [0.25, 0.3) is 0 Å². The van der Waals surface area contributed by atoms with Crippen LogP contribution in [0.25, 0.3) is 0 Å². The van der Waals surface area contributed by atoms with Crippen molar-refractivity contribution in [1.82, 2.24) is 0 Å². The Morgan fingerprint density at radius 2 is 1.51 bits per heavy atom. The van der Waals surface area contributed by atoms with Gasteiger partial charge in [-0.25, -0.2) is 0 Å². The van der Waals surface area contributed by atoms with Gasteiger partial charge < -0.3 is 18.3 Å². The molecule has 4 aliphatic carbocycles. The van der Waals surface area contributed by atoms with E-state index in [1.165, 1.54) is 37.7 Å². The van der Waals surface area contributed by atoms with Crippen LogP contribution in [0.4, 0.5) is 0 Å². The van der Waals surface area contributed by atoms with Crippen LogP contribution in [0.5, 0.6) is 0 Å². The van der Waals surface area contributed by atoms with Gasteiger partial charge in [0, 0.05) is 13.0 Å². The highest BCUT2D eigenvalue weighted by Crippen LogP contribution is 2.60. The summed E-state index contributed by atoms with van der Waals surface area (Å²) in [5, 5.41) is 0.375. The molecule has 0 aromatic rings. The molecule has 0 radical (unpaired) electrons. The first-order valence-corrected chi connectivity index (χ1v) is 28.7. The Morgan fingerprint density at radius 3 is 2.05 bits per heavy atom. The topological polar surface area (TPSA) is 54.0 Å². The molecule has 1 saturated heterocycles. The Hall–Kier alpha value is -0.836.